The Labute approximate surface area is 170 Å². The van der Waals surface area contributed by atoms with Crippen LogP contribution < -0.4 is 20.7 Å². The summed E-state index contributed by atoms with van der Waals surface area (Å²) in [6, 6.07) is 7.16. The first-order valence-corrected chi connectivity index (χ1v) is 10.4. The zero-order chi connectivity index (χ0) is 20.2. The topological polar surface area (TPSA) is 97.9 Å². The number of urea groups is 1. The summed E-state index contributed by atoms with van der Waals surface area (Å²) in [6.07, 6.45) is 4.97. The standard InChI is InChI=1S/C21H29N3O5/c1-13(25)22-15-8-5-9-16(10-15)29-18-12-28-19-17(11-27-20(18)19)24-21(26)23-14-6-3-2-4-7-14/h5,8-10,14,17-20H,2-4,6-7,11-12H2,1H3,(H,22,25)(H2,23,24,26)/t17-,18-,19+,20+/m0/s1. The van der Waals surface area contributed by atoms with Crippen molar-refractivity contribution in [2.24, 2.45) is 0 Å². The van der Waals surface area contributed by atoms with Crippen LogP contribution in [0.4, 0.5) is 10.5 Å². The number of nitrogens with one attached hydrogen (secondary N) is 3. The van der Waals surface area contributed by atoms with E-state index in [1.165, 1.54) is 26.2 Å². The average molecular weight is 403 g/mol. The number of rotatable bonds is 5. The van der Waals surface area contributed by atoms with Gasteiger partial charge in [-0.3, -0.25) is 4.79 Å². The fourth-order valence-electron chi connectivity index (χ4n) is 4.36. The number of carbonyl (C=O) groups excluding carboxylic acids is 2. The molecule has 0 radical (unpaired) electrons. The van der Waals surface area contributed by atoms with Gasteiger partial charge in [0.1, 0.15) is 18.0 Å². The highest BCUT2D eigenvalue weighted by Crippen LogP contribution is 2.30. The van der Waals surface area contributed by atoms with Gasteiger partial charge in [0.25, 0.3) is 0 Å². The van der Waals surface area contributed by atoms with Crippen LogP contribution in [0.5, 0.6) is 5.75 Å². The highest BCUT2D eigenvalue weighted by molar-refractivity contribution is 5.88. The van der Waals surface area contributed by atoms with Crippen molar-refractivity contribution in [2.75, 3.05) is 18.5 Å². The maximum atomic E-state index is 12.4. The predicted molar refractivity (Wildman–Crippen MR) is 107 cm³/mol. The van der Waals surface area contributed by atoms with Gasteiger partial charge in [-0.05, 0) is 25.0 Å². The molecule has 1 aromatic rings. The van der Waals surface area contributed by atoms with Gasteiger partial charge in [0.05, 0.1) is 19.3 Å². The molecule has 0 spiro atoms. The van der Waals surface area contributed by atoms with Crippen LogP contribution in [0.1, 0.15) is 39.0 Å². The largest absolute Gasteiger partial charge is 0.485 e. The molecule has 0 aromatic heterocycles. The Morgan fingerprint density at radius 2 is 1.83 bits per heavy atom. The molecule has 3 N–H and O–H groups in total. The molecule has 1 aromatic carbocycles. The first kappa shape index (κ1) is 20.0. The minimum absolute atomic E-state index is 0.133. The van der Waals surface area contributed by atoms with Crippen molar-refractivity contribution in [3.05, 3.63) is 24.3 Å². The zero-order valence-electron chi connectivity index (χ0n) is 16.7. The molecule has 1 saturated carbocycles. The van der Waals surface area contributed by atoms with E-state index in [2.05, 4.69) is 16.0 Å². The zero-order valence-corrected chi connectivity index (χ0v) is 16.7. The second kappa shape index (κ2) is 9.00. The van der Waals surface area contributed by atoms with E-state index in [0.29, 0.717) is 24.7 Å². The Morgan fingerprint density at radius 3 is 2.62 bits per heavy atom. The van der Waals surface area contributed by atoms with Crippen molar-refractivity contribution in [1.82, 2.24) is 10.6 Å². The van der Waals surface area contributed by atoms with Crippen molar-refractivity contribution in [1.29, 1.82) is 0 Å². The molecular formula is C21H29N3O5. The summed E-state index contributed by atoms with van der Waals surface area (Å²) in [5.74, 6) is 0.506. The van der Waals surface area contributed by atoms with Gasteiger partial charge in [-0.2, -0.15) is 0 Å². The maximum absolute atomic E-state index is 12.4. The van der Waals surface area contributed by atoms with Crippen molar-refractivity contribution < 1.29 is 23.8 Å². The van der Waals surface area contributed by atoms with Crippen LogP contribution in [-0.2, 0) is 14.3 Å². The van der Waals surface area contributed by atoms with E-state index in [1.54, 1.807) is 12.1 Å². The summed E-state index contributed by atoms with van der Waals surface area (Å²) in [5, 5.41) is 8.82. The number of hydrogen-bond donors (Lipinski definition) is 3. The molecule has 3 aliphatic rings. The number of ether oxygens (including phenoxy) is 3. The van der Waals surface area contributed by atoms with E-state index in [-0.39, 0.29) is 42.3 Å². The van der Waals surface area contributed by atoms with Crippen LogP contribution in [0.3, 0.4) is 0 Å². The number of fused-ring (bicyclic) bond motifs is 1. The van der Waals surface area contributed by atoms with Gasteiger partial charge >= 0.3 is 6.03 Å². The van der Waals surface area contributed by atoms with E-state index in [1.807, 2.05) is 12.1 Å². The summed E-state index contributed by atoms with van der Waals surface area (Å²) in [5.41, 5.74) is 0.678. The van der Waals surface area contributed by atoms with Crippen LogP contribution in [0.25, 0.3) is 0 Å². The lowest BCUT2D eigenvalue weighted by Crippen LogP contribution is -2.51. The first-order chi connectivity index (χ1) is 14.1. The molecule has 3 fully saturated rings. The number of hydrogen-bond acceptors (Lipinski definition) is 5. The molecule has 2 saturated heterocycles. The first-order valence-electron chi connectivity index (χ1n) is 10.4. The van der Waals surface area contributed by atoms with Crippen molar-refractivity contribution in [3.8, 4) is 5.75 Å². The number of amides is 3. The normalized spacial score (nSPS) is 29.1. The molecule has 4 rings (SSSR count). The molecular weight excluding hydrogens is 374 g/mol. The Balaban J connectivity index is 1.29. The SMILES string of the molecule is CC(=O)Nc1cccc(O[C@H]2CO[C@H]3[C@@H]2OC[C@@H]3NC(=O)NC2CCCCC2)c1. The lowest BCUT2D eigenvalue weighted by molar-refractivity contribution is -0.114. The van der Waals surface area contributed by atoms with Crippen molar-refractivity contribution in [2.45, 2.75) is 69.4 Å². The number of benzene rings is 1. The third-order valence-corrected chi connectivity index (χ3v) is 5.71. The third kappa shape index (κ3) is 5.00. The Bertz CT molecular complexity index is 737. The highest BCUT2D eigenvalue weighted by Gasteiger charge is 2.49. The van der Waals surface area contributed by atoms with Gasteiger partial charge < -0.3 is 30.2 Å². The molecule has 0 bridgehead atoms. The molecule has 8 nitrogen and oxygen atoms in total. The van der Waals surface area contributed by atoms with Crippen LogP contribution in [-0.4, -0.2) is 55.5 Å². The molecule has 2 heterocycles. The van der Waals surface area contributed by atoms with Gasteiger partial charge in [0.15, 0.2) is 6.10 Å². The van der Waals surface area contributed by atoms with Gasteiger partial charge in [0.2, 0.25) is 5.91 Å². The van der Waals surface area contributed by atoms with Crippen LogP contribution >= 0.6 is 0 Å². The fourth-order valence-corrected chi connectivity index (χ4v) is 4.36. The molecule has 2 aliphatic heterocycles. The van der Waals surface area contributed by atoms with Crippen molar-refractivity contribution in [3.63, 3.8) is 0 Å². The predicted octanol–water partition coefficient (Wildman–Crippen LogP) is 2.19. The van der Waals surface area contributed by atoms with Crippen LogP contribution in [0, 0.1) is 0 Å². The second-order valence-corrected chi connectivity index (χ2v) is 8.02. The van der Waals surface area contributed by atoms with E-state index in [9.17, 15) is 9.59 Å². The monoisotopic (exact) mass is 403 g/mol. The van der Waals surface area contributed by atoms with Gasteiger partial charge in [-0.1, -0.05) is 25.3 Å². The summed E-state index contributed by atoms with van der Waals surface area (Å²) in [7, 11) is 0. The van der Waals surface area contributed by atoms with Gasteiger partial charge in [0, 0.05) is 24.7 Å². The van der Waals surface area contributed by atoms with Crippen LogP contribution in [0.2, 0.25) is 0 Å². The minimum atomic E-state index is -0.263. The molecule has 1 aliphatic carbocycles. The third-order valence-electron chi connectivity index (χ3n) is 5.71. The van der Waals surface area contributed by atoms with E-state index < -0.39 is 0 Å². The Kier molecular flexibility index (Phi) is 6.20. The molecule has 158 valence electrons. The summed E-state index contributed by atoms with van der Waals surface area (Å²) >= 11 is 0. The van der Waals surface area contributed by atoms with Crippen LogP contribution in [0.15, 0.2) is 24.3 Å². The summed E-state index contributed by atoms with van der Waals surface area (Å²) in [4.78, 5) is 23.6. The molecule has 29 heavy (non-hydrogen) atoms. The molecule has 3 amide bonds. The average Bonchev–Trinajstić information content (AvgIpc) is 3.26. The Hall–Kier alpha value is -2.32. The summed E-state index contributed by atoms with van der Waals surface area (Å²) in [6.45, 7) is 2.26. The van der Waals surface area contributed by atoms with Gasteiger partial charge in [-0.25, -0.2) is 4.79 Å². The molecule has 4 atom stereocenters. The fraction of sp³-hybridized carbons (Fsp3) is 0.619. The molecule has 8 heteroatoms. The highest BCUT2D eigenvalue weighted by atomic mass is 16.6. The number of carbonyl (C=O) groups is 2. The summed E-state index contributed by atoms with van der Waals surface area (Å²) < 4.78 is 17.9. The molecule has 0 unspecified atom stereocenters. The number of anilines is 1. The van der Waals surface area contributed by atoms with E-state index in [4.69, 9.17) is 14.2 Å². The second-order valence-electron chi connectivity index (χ2n) is 8.02. The lowest BCUT2D eigenvalue weighted by Gasteiger charge is -2.24. The quantitative estimate of drug-likeness (QED) is 0.700. The van der Waals surface area contributed by atoms with E-state index >= 15 is 0 Å². The lowest BCUT2D eigenvalue weighted by atomic mass is 9.96. The van der Waals surface area contributed by atoms with E-state index in [0.717, 1.165) is 12.8 Å². The van der Waals surface area contributed by atoms with Gasteiger partial charge in [-0.15, -0.1) is 0 Å². The van der Waals surface area contributed by atoms with Crippen molar-refractivity contribution >= 4 is 17.6 Å². The Morgan fingerprint density at radius 1 is 1.03 bits per heavy atom. The minimum Gasteiger partial charge on any atom is -0.485 e. The smallest absolute Gasteiger partial charge is 0.315 e. The maximum Gasteiger partial charge on any atom is 0.315 e.